The van der Waals surface area contributed by atoms with Crippen molar-refractivity contribution in [1.29, 1.82) is 0 Å². The van der Waals surface area contributed by atoms with Gasteiger partial charge < -0.3 is 18.9 Å². The third-order valence-electron chi connectivity index (χ3n) is 4.44. The number of anilines is 1. The first-order valence-electron chi connectivity index (χ1n) is 8.76. The monoisotopic (exact) mass is 450 g/mol. The quantitative estimate of drug-likeness (QED) is 0.547. The van der Waals surface area contributed by atoms with E-state index in [2.05, 4.69) is 9.71 Å². The van der Waals surface area contributed by atoms with E-state index in [9.17, 15) is 17.6 Å². The summed E-state index contributed by atoms with van der Waals surface area (Å²) in [5.41, 5.74) is -0.517. The number of hydrogen-bond acceptors (Lipinski definition) is 8. The van der Waals surface area contributed by atoms with Gasteiger partial charge in [-0.25, -0.2) is 17.6 Å². The lowest BCUT2D eigenvalue weighted by atomic mass is 10.1. The first-order valence-corrected chi connectivity index (χ1v) is 10.2. The Morgan fingerprint density at radius 1 is 1.03 bits per heavy atom. The van der Waals surface area contributed by atoms with Crippen LogP contribution in [0.2, 0.25) is 0 Å². The second-order valence-electron chi connectivity index (χ2n) is 6.11. The Hall–Kier alpha value is -3.60. The smallest absolute Gasteiger partial charge is 0.340 e. The number of pyridine rings is 1. The highest BCUT2D eigenvalue weighted by Gasteiger charge is 2.29. The van der Waals surface area contributed by atoms with E-state index >= 15 is 0 Å². The van der Waals surface area contributed by atoms with Crippen molar-refractivity contribution in [2.75, 3.05) is 33.2 Å². The molecule has 0 saturated carbocycles. The summed E-state index contributed by atoms with van der Waals surface area (Å²) in [6.07, 6.45) is 1.35. The molecule has 0 spiro atoms. The van der Waals surface area contributed by atoms with Crippen LogP contribution in [0.3, 0.4) is 0 Å². The molecule has 0 atom stereocenters. The number of sulfonamides is 1. The minimum atomic E-state index is -4.34. The van der Waals surface area contributed by atoms with Crippen molar-refractivity contribution in [2.24, 2.45) is 0 Å². The fourth-order valence-corrected chi connectivity index (χ4v) is 4.35. The summed E-state index contributed by atoms with van der Waals surface area (Å²) in [7, 11) is 0.750. The molecule has 0 fully saturated rings. The molecule has 3 aromatic rings. The zero-order valence-electron chi connectivity index (χ0n) is 17.1. The molecule has 0 saturated heterocycles. The molecule has 0 aliphatic rings. The number of halogens is 1. The van der Waals surface area contributed by atoms with Crippen molar-refractivity contribution in [3.63, 3.8) is 0 Å². The van der Waals surface area contributed by atoms with Gasteiger partial charge in [0.15, 0.2) is 11.5 Å². The van der Waals surface area contributed by atoms with E-state index in [1.54, 1.807) is 0 Å². The zero-order valence-corrected chi connectivity index (χ0v) is 17.9. The molecule has 9 nitrogen and oxygen atoms in total. The Labute approximate surface area is 177 Å². The first-order chi connectivity index (χ1) is 14.8. The van der Waals surface area contributed by atoms with E-state index in [0.717, 1.165) is 19.2 Å². The summed E-state index contributed by atoms with van der Waals surface area (Å²) in [6, 6.07) is 6.27. The molecule has 31 heavy (non-hydrogen) atoms. The Morgan fingerprint density at radius 3 is 2.35 bits per heavy atom. The minimum absolute atomic E-state index is 0.0565. The number of hydrogen-bond donors (Lipinski definition) is 1. The van der Waals surface area contributed by atoms with Gasteiger partial charge in [-0.3, -0.25) is 9.71 Å². The molecule has 1 N–H and O–H groups in total. The Bertz CT molecular complexity index is 1260. The van der Waals surface area contributed by atoms with Crippen LogP contribution in [-0.4, -0.2) is 47.8 Å². The largest absolute Gasteiger partial charge is 0.493 e. The number of carbonyl (C=O) groups excluding carboxylic acids is 1. The molecular weight excluding hydrogens is 431 g/mol. The highest BCUT2D eigenvalue weighted by molar-refractivity contribution is 7.93. The highest BCUT2D eigenvalue weighted by atomic mass is 32.2. The molecule has 0 unspecified atom stereocenters. The average Bonchev–Trinajstić information content (AvgIpc) is 2.77. The zero-order chi connectivity index (χ0) is 22.8. The van der Waals surface area contributed by atoms with E-state index in [1.807, 2.05) is 0 Å². The van der Waals surface area contributed by atoms with Crippen LogP contribution in [0.4, 0.5) is 10.1 Å². The minimum Gasteiger partial charge on any atom is -0.493 e. The molecule has 1 aromatic heterocycles. The number of rotatable bonds is 7. The lowest BCUT2D eigenvalue weighted by Gasteiger charge is -2.20. The third-order valence-corrected chi connectivity index (χ3v) is 5.85. The van der Waals surface area contributed by atoms with Gasteiger partial charge in [-0.2, -0.15) is 0 Å². The van der Waals surface area contributed by atoms with Crippen molar-refractivity contribution < 1.29 is 36.6 Å². The Kier molecular flexibility index (Phi) is 6.16. The van der Waals surface area contributed by atoms with E-state index in [1.165, 1.54) is 45.7 Å². The van der Waals surface area contributed by atoms with E-state index in [0.29, 0.717) is 0 Å². The maximum absolute atomic E-state index is 14.1. The molecule has 2 aromatic carbocycles. The lowest BCUT2D eigenvalue weighted by molar-refractivity contribution is 0.0601. The molecule has 0 amide bonds. The van der Waals surface area contributed by atoms with Crippen molar-refractivity contribution in [3.8, 4) is 17.2 Å². The van der Waals surface area contributed by atoms with Crippen molar-refractivity contribution in [2.45, 2.75) is 4.90 Å². The number of methoxy groups -OCH3 is 4. The fraction of sp³-hybridized carbons (Fsp3) is 0.200. The van der Waals surface area contributed by atoms with Crippen molar-refractivity contribution >= 4 is 32.6 Å². The number of nitrogens with one attached hydrogen (secondary N) is 1. The summed E-state index contributed by atoms with van der Waals surface area (Å²) < 4.78 is 63.6. The van der Waals surface area contributed by atoms with Gasteiger partial charge in [0, 0.05) is 17.6 Å². The molecule has 0 aliphatic carbocycles. The molecule has 0 aliphatic heterocycles. The normalized spacial score (nSPS) is 11.1. The number of nitrogens with zero attached hydrogens (tertiary/aromatic N) is 1. The number of carbonyl (C=O) groups is 1. The van der Waals surface area contributed by atoms with Gasteiger partial charge in [0.25, 0.3) is 10.0 Å². The summed E-state index contributed by atoms with van der Waals surface area (Å²) in [4.78, 5) is 16.0. The van der Waals surface area contributed by atoms with Gasteiger partial charge in [-0.05, 0) is 24.3 Å². The SMILES string of the molecule is COC(=O)c1cc(OC)c(OC)c(OC)c1NS(=O)(=O)c1ccc(F)c2ncccc12. The topological polar surface area (TPSA) is 113 Å². The second kappa shape index (κ2) is 8.64. The fourth-order valence-electron chi connectivity index (χ4n) is 3.06. The van der Waals surface area contributed by atoms with Crippen molar-refractivity contribution in [3.05, 3.63) is 47.9 Å². The van der Waals surface area contributed by atoms with Gasteiger partial charge >= 0.3 is 5.97 Å². The van der Waals surface area contributed by atoms with Gasteiger partial charge in [0.05, 0.1) is 38.9 Å². The van der Waals surface area contributed by atoms with E-state index in [-0.39, 0.29) is 44.3 Å². The van der Waals surface area contributed by atoms with Crippen LogP contribution in [0, 0.1) is 5.82 Å². The highest BCUT2D eigenvalue weighted by Crippen LogP contribution is 2.46. The van der Waals surface area contributed by atoms with E-state index < -0.39 is 21.8 Å². The standard InChI is InChI=1S/C20H19FN2O7S/c1-27-14-10-12(20(24)30-4)17(19(29-3)18(14)28-2)23-31(25,26)15-8-7-13(21)16-11(15)6-5-9-22-16/h5-10,23H,1-4H3. The number of ether oxygens (including phenoxy) is 4. The molecule has 0 radical (unpaired) electrons. The molecule has 3 rings (SSSR count). The molecule has 164 valence electrons. The lowest BCUT2D eigenvalue weighted by Crippen LogP contribution is -2.18. The number of benzene rings is 2. The first kappa shape index (κ1) is 22.1. The van der Waals surface area contributed by atoms with Crippen LogP contribution in [0.25, 0.3) is 10.9 Å². The van der Waals surface area contributed by atoms with Crippen molar-refractivity contribution in [1.82, 2.24) is 4.98 Å². The predicted molar refractivity (Wildman–Crippen MR) is 110 cm³/mol. The van der Waals surface area contributed by atoms with Crippen LogP contribution < -0.4 is 18.9 Å². The average molecular weight is 450 g/mol. The van der Waals surface area contributed by atoms with Gasteiger partial charge in [-0.15, -0.1) is 0 Å². The summed E-state index contributed by atoms with van der Waals surface area (Å²) >= 11 is 0. The van der Waals surface area contributed by atoms with Crippen LogP contribution in [0.15, 0.2) is 41.4 Å². The summed E-state index contributed by atoms with van der Waals surface area (Å²) in [6.45, 7) is 0. The van der Waals surface area contributed by atoms with Crippen LogP contribution in [0.5, 0.6) is 17.2 Å². The van der Waals surface area contributed by atoms with Crippen LogP contribution in [0.1, 0.15) is 10.4 Å². The van der Waals surface area contributed by atoms with Gasteiger partial charge in [-0.1, -0.05) is 0 Å². The summed E-state index contributed by atoms with van der Waals surface area (Å²) in [5, 5.41) is 0.0639. The molecule has 1 heterocycles. The van der Waals surface area contributed by atoms with Crippen LogP contribution >= 0.6 is 0 Å². The predicted octanol–water partition coefficient (Wildman–Crippen LogP) is 2.99. The molecular formula is C20H19FN2O7S. The Balaban J connectivity index is 2.27. The van der Waals surface area contributed by atoms with Gasteiger partial charge in [0.1, 0.15) is 17.0 Å². The Morgan fingerprint density at radius 2 is 1.74 bits per heavy atom. The van der Waals surface area contributed by atoms with Crippen LogP contribution in [-0.2, 0) is 14.8 Å². The third kappa shape index (κ3) is 3.91. The maximum Gasteiger partial charge on any atom is 0.340 e. The number of aromatic nitrogens is 1. The summed E-state index contributed by atoms with van der Waals surface area (Å²) in [5.74, 6) is -1.44. The molecule has 11 heteroatoms. The number of esters is 1. The van der Waals surface area contributed by atoms with Gasteiger partial charge in [0.2, 0.25) is 5.75 Å². The van der Waals surface area contributed by atoms with E-state index in [4.69, 9.17) is 18.9 Å². The maximum atomic E-state index is 14.1. The molecule has 0 bridgehead atoms. The second-order valence-corrected chi connectivity index (χ2v) is 7.76. The number of fused-ring (bicyclic) bond motifs is 1.